The number of anilines is 1. The van der Waals surface area contributed by atoms with E-state index in [1.54, 1.807) is 18.2 Å². The molecule has 0 aromatic heterocycles. The lowest BCUT2D eigenvalue weighted by molar-refractivity contribution is -0.116. The minimum absolute atomic E-state index is 0.224. The molecule has 3 amide bonds. The fraction of sp³-hybridized carbons (Fsp3) is 0.0870. The molecule has 2 heterocycles. The molecular formula is C23H16N2O4. The van der Waals surface area contributed by atoms with E-state index in [1.165, 1.54) is 7.05 Å². The van der Waals surface area contributed by atoms with Crippen molar-refractivity contribution in [3.8, 4) is 11.5 Å². The van der Waals surface area contributed by atoms with Crippen LogP contribution in [0.4, 0.5) is 5.69 Å². The predicted octanol–water partition coefficient (Wildman–Crippen LogP) is 3.79. The SMILES string of the molecule is CN1C(=O)c2cccc(NC(=O)C3c4ccccc4Oc4ccccc43)c2C1=O. The van der Waals surface area contributed by atoms with Gasteiger partial charge in [-0.1, -0.05) is 42.5 Å². The van der Waals surface area contributed by atoms with Gasteiger partial charge in [0.2, 0.25) is 5.91 Å². The van der Waals surface area contributed by atoms with E-state index in [1.807, 2.05) is 48.5 Å². The van der Waals surface area contributed by atoms with Crippen LogP contribution in [0.1, 0.15) is 37.8 Å². The van der Waals surface area contributed by atoms with Gasteiger partial charge in [0.15, 0.2) is 0 Å². The van der Waals surface area contributed by atoms with E-state index in [9.17, 15) is 14.4 Å². The lowest BCUT2D eigenvalue weighted by atomic mass is 9.87. The Morgan fingerprint density at radius 3 is 2.14 bits per heavy atom. The summed E-state index contributed by atoms with van der Waals surface area (Å²) in [5.41, 5.74) is 2.34. The second-order valence-electron chi connectivity index (χ2n) is 7.00. The number of rotatable bonds is 2. The van der Waals surface area contributed by atoms with Gasteiger partial charge in [-0.2, -0.15) is 0 Å². The van der Waals surface area contributed by atoms with Gasteiger partial charge >= 0.3 is 0 Å². The minimum Gasteiger partial charge on any atom is -0.457 e. The molecule has 5 rings (SSSR count). The number of para-hydroxylation sites is 2. The topological polar surface area (TPSA) is 75.7 Å². The number of nitrogens with zero attached hydrogens (tertiary/aromatic N) is 1. The second-order valence-corrected chi connectivity index (χ2v) is 7.00. The zero-order chi connectivity index (χ0) is 20.1. The van der Waals surface area contributed by atoms with E-state index >= 15 is 0 Å². The zero-order valence-electron chi connectivity index (χ0n) is 15.5. The first-order valence-electron chi connectivity index (χ1n) is 9.18. The number of hydrogen-bond acceptors (Lipinski definition) is 4. The molecule has 3 aromatic rings. The molecule has 0 spiro atoms. The Labute approximate surface area is 166 Å². The van der Waals surface area contributed by atoms with Crippen LogP contribution in [-0.4, -0.2) is 29.7 Å². The number of amides is 3. The molecule has 0 radical (unpaired) electrons. The first-order chi connectivity index (χ1) is 14.1. The fourth-order valence-corrected chi connectivity index (χ4v) is 3.90. The van der Waals surface area contributed by atoms with Crippen LogP contribution in [-0.2, 0) is 4.79 Å². The number of imide groups is 1. The molecule has 0 saturated heterocycles. The molecule has 0 fully saturated rings. The molecule has 0 unspecified atom stereocenters. The van der Waals surface area contributed by atoms with Gasteiger partial charge in [0.1, 0.15) is 11.5 Å². The summed E-state index contributed by atoms with van der Waals surface area (Å²) in [6.45, 7) is 0. The van der Waals surface area contributed by atoms with E-state index in [-0.39, 0.29) is 17.4 Å². The summed E-state index contributed by atoms with van der Waals surface area (Å²) in [6.07, 6.45) is 0. The summed E-state index contributed by atoms with van der Waals surface area (Å²) in [4.78, 5) is 39.2. The van der Waals surface area contributed by atoms with E-state index in [4.69, 9.17) is 4.74 Å². The Hall–Kier alpha value is -3.93. The monoisotopic (exact) mass is 384 g/mol. The minimum atomic E-state index is -0.600. The Morgan fingerprint density at radius 1 is 0.862 bits per heavy atom. The molecule has 29 heavy (non-hydrogen) atoms. The number of ether oxygens (including phenoxy) is 1. The highest BCUT2D eigenvalue weighted by Gasteiger charge is 2.37. The fourth-order valence-electron chi connectivity index (χ4n) is 3.90. The van der Waals surface area contributed by atoms with Gasteiger partial charge in [-0.15, -0.1) is 0 Å². The zero-order valence-corrected chi connectivity index (χ0v) is 15.5. The van der Waals surface area contributed by atoms with E-state index in [0.29, 0.717) is 22.7 Å². The molecule has 6 heteroatoms. The molecule has 0 aliphatic carbocycles. The van der Waals surface area contributed by atoms with E-state index < -0.39 is 11.8 Å². The number of carbonyl (C=O) groups excluding carboxylic acids is 3. The van der Waals surface area contributed by atoms with Gasteiger partial charge in [0, 0.05) is 18.2 Å². The van der Waals surface area contributed by atoms with Crippen molar-refractivity contribution in [1.82, 2.24) is 4.90 Å². The molecule has 142 valence electrons. The highest BCUT2D eigenvalue weighted by Crippen LogP contribution is 2.44. The maximum atomic E-state index is 13.4. The molecule has 3 aromatic carbocycles. The lowest BCUT2D eigenvalue weighted by Crippen LogP contribution is -2.27. The first-order valence-corrected chi connectivity index (χ1v) is 9.18. The Morgan fingerprint density at radius 2 is 1.48 bits per heavy atom. The van der Waals surface area contributed by atoms with Crippen LogP contribution < -0.4 is 10.1 Å². The summed E-state index contributed by atoms with van der Waals surface area (Å²) < 4.78 is 5.94. The van der Waals surface area contributed by atoms with Crippen molar-refractivity contribution in [2.75, 3.05) is 12.4 Å². The number of nitrogens with one attached hydrogen (secondary N) is 1. The molecular weight excluding hydrogens is 368 g/mol. The van der Waals surface area contributed by atoms with Crippen LogP contribution in [0.2, 0.25) is 0 Å². The number of hydrogen-bond donors (Lipinski definition) is 1. The molecule has 0 bridgehead atoms. The largest absolute Gasteiger partial charge is 0.457 e. The maximum Gasteiger partial charge on any atom is 0.263 e. The molecule has 2 aliphatic heterocycles. The number of fused-ring (bicyclic) bond motifs is 3. The van der Waals surface area contributed by atoms with E-state index in [2.05, 4.69) is 5.32 Å². The van der Waals surface area contributed by atoms with Crippen molar-refractivity contribution in [3.05, 3.63) is 89.0 Å². The van der Waals surface area contributed by atoms with Crippen LogP contribution in [0.15, 0.2) is 66.7 Å². The van der Waals surface area contributed by atoms with Gasteiger partial charge < -0.3 is 10.1 Å². The van der Waals surface area contributed by atoms with Crippen molar-refractivity contribution >= 4 is 23.4 Å². The summed E-state index contributed by atoms with van der Waals surface area (Å²) in [7, 11) is 1.43. The van der Waals surface area contributed by atoms with Crippen molar-refractivity contribution in [2.24, 2.45) is 0 Å². The van der Waals surface area contributed by atoms with E-state index in [0.717, 1.165) is 16.0 Å². The molecule has 0 atom stereocenters. The third kappa shape index (κ3) is 2.53. The number of carbonyl (C=O) groups is 3. The highest BCUT2D eigenvalue weighted by atomic mass is 16.5. The van der Waals surface area contributed by atoms with Gasteiger partial charge in [0.05, 0.1) is 22.7 Å². The highest BCUT2D eigenvalue weighted by molar-refractivity contribution is 6.24. The van der Waals surface area contributed by atoms with Crippen molar-refractivity contribution < 1.29 is 19.1 Å². The van der Waals surface area contributed by atoms with Crippen LogP contribution in [0.25, 0.3) is 0 Å². The standard InChI is InChI=1S/C23H16N2O4/c1-25-22(27)15-9-6-10-16(20(15)23(25)28)24-21(26)19-13-7-2-4-11-17(13)29-18-12-5-3-8-14(18)19/h2-12,19H,1H3,(H,24,26). The molecule has 2 aliphatic rings. The quantitative estimate of drug-likeness (QED) is 0.682. The second kappa shape index (κ2) is 6.31. The van der Waals surface area contributed by atoms with Crippen molar-refractivity contribution in [3.63, 3.8) is 0 Å². The molecule has 6 nitrogen and oxygen atoms in total. The van der Waals surface area contributed by atoms with Gasteiger partial charge in [-0.05, 0) is 24.3 Å². The normalized spacial score (nSPS) is 14.7. The Kier molecular flexibility index (Phi) is 3.74. The van der Waals surface area contributed by atoms with Crippen LogP contribution in [0, 0.1) is 0 Å². The third-order valence-electron chi connectivity index (χ3n) is 5.32. The Balaban J connectivity index is 1.58. The summed E-state index contributed by atoms with van der Waals surface area (Å²) >= 11 is 0. The summed E-state index contributed by atoms with van der Waals surface area (Å²) in [5, 5.41) is 2.87. The third-order valence-corrected chi connectivity index (χ3v) is 5.32. The summed E-state index contributed by atoms with van der Waals surface area (Å²) in [5.74, 6) is -0.448. The Bertz CT molecular complexity index is 1160. The molecule has 0 saturated carbocycles. The van der Waals surface area contributed by atoms with Crippen molar-refractivity contribution in [1.29, 1.82) is 0 Å². The van der Waals surface area contributed by atoms with Gasteiger partial charge in [-0.3, -0.25) is 19.3 Å². The average molecular weight is 384 g/mol. The van der Waals surface area contributed by atoms with Crippen LogP contribution in [0.5, 0.6) is 11.5 Å². The smallest absolute Gasteiger partial charge is 0.263 e. The number of benzene rings is 3. The van der Waals surface area contributed by atoms with Crippen LogP contribution >= 0.6 is 0 Å². The first kappa shape index (κ1) is 17.2. The van der Waals surface area contributed by atoms with Crippen molar-refractivity contribution in [2.45, 2.75) is 5.92 Å². The lowest BCUT2D eigenvalue weighted by Gasteiger charge is -2.27. The molecule has 1 N–H and O–H groups in total. The maximum absolute atomic E-state index is 13.4. The van der Waals surface area contributed by atoms with Gasteiger partial charge in [-0.25, -0.2) is 0 Å². The van der Waals surface area contributed by atoms with Crippen LogP contribution in [0.3, 0.4) is 0 Å². The predicted molar refractivity (Wildman–Crippen MR) is 106 cm³/mol. The van der Waals surface area contributed by atoms with Gasteiger partial charge in [0.25, 0.3) is 11.8 Å². The average Bonchev–Trinajstić information content (AvgIpc) is 2.96. The summed E-state index contributed by atoms with van der Waals surface area (Å²) in [6, 6.07) is 19.7.